The van der Waals surface area contributed by atoms with E-state index >= 15 is 0 Å². The molecule has 0 fully saturated rings. The second-order valence-corrected chi connectivity index (χ2v) is 7.35. The van der Waals surface area contributed by atoms with Gasteiger partial charge in [0, 0.05) is 11.6 Å². The van der Waals surface area contributed by atoms with E-state index in [1.165, 1.54) is 19.1 Å². The summed E-state index contributed by atoms with van der Waals surface area (Å²) in [6, 6.07) is 2.55. The van der Waals surface area contributed by atoms with E-state index in [2.05, 4.69) is 0 Å². The van der Waals surface area contributed by atoms with Gasteiger partial charge >= 0.3 is 5.97 Å². The fourth-order valence-corrected chi connectivity index (χ4v) is 4.04. The van der Waals surface area contributed by atoms with Gasteiger partial charge in [-0.25, -0.2) is 13.2 Å². The van der Waals surface area contributed by atoms with Crippen molar-refractivity contribution in [3.8, 4) is 0 Å². The zero-order valence-corrected chi connectivity index (χ0v) is 13.4. The van der Waals surface area contributed by atoms with Crippen molar-refractivity contribution in [1.29, 1.82) is 0 Å². The molecule has 1 rings (SSSR count). The number of sulfone groups is 1. The molecule has 7 heteroatoms. The highest BCUT2D eigenvalue weighted by molar-refractivity contribution is 7.91. The Morgan fingerprint density at radius 1 is 1.19 bits per heavy atom. The summed E-state index contributed by atoms with van der Waals surface area (Å²) in [5.74, 6) is -1.26. The fraction of sp³-hybridized carbons (Fsp3) is 0.500. The van der Waals surface area contributed by atoms with Crippen LogP contribution >= 0.6 is 11.6 Å². The Hall–Kier alpha value is -1.11. The molecule has 0 amide bonds. The molecule has 0 aliphatic carbocycles. The first-order chi connectivity index (χ1) is 9.79. The molecule has 2 N–H and O–H groups in total. The molecule has 5 nitrogen and oxygen atoms in total. The van der Waals surface area contributed by atoms with Crippen LogP contribution in [0.4, 0.5) is 0 Å². The molecule has 0 bridgehead atoms. The number of aliphatic hydroxyl groups is 1. The predicted molar refractivity (Wildman–Crippen MR) is 80.8 cm³/mol. The van der Waals surface area contributed by atoms with Gasteiger partial charge in [-0.1, -0.05) is 24.4 Å². The van der Waals surface area contributed by atoms with Gasteiger partial charge in [0.25, 0.3) is 0 Å². The van der Waals surface area contributed by atoms with E-state index < -0.39 is 15.8 Å². The average molecular weight is 335 g/mol. The van der Waals surface area contributed by atoms with Crippen LogP contribution in [-0.4, -0.2) is 37.0 Å². The number of aromatic carboxylic acids is 1. The number of hydrogen-bond donors (Lipinski definition) is 2. The molecule has 1 aromatic rings. The van der Waals surface area contributed by atoms with Crippen molar-refractivity contribution in [3.63, 3.8) is 0 Å². The molecule has 1 aromatic carbocycles. The molecule has 0 saturated heterocycles. The monoisotopic (exact) mass is 334 g/mol. The molecule has 0 atom stereocenters. The predicted octanol–water partition coefficient (Wildman–Crippen LogP) is 2.67. The maximum Gasteiger partial charge on any atom is 0.336 e. The summed E-state index contributed by atoms with van der Waals surface area (Å²) in [6.07, 6.45) is 2.59. The minimum atomic E-state index is -3.57. The Bertz CT molecular complexity index is 610. The molecular formula is C14H19ClO5S. The van der Waals surface area contributed by atoms with E-state index in [-0.39, 0.29) is 33.4 Å². The molecule has 0 unspecified atom stereocenters. The number of aliphatic hydroxyl groups excluding tert-OH is 1. The van der Waals surface area contributed by atoms with Gasteiger partial charge in [0.05, 0.1) is 16.2 Å². The lowest BCUT2D eigenvalue weighted by molar-refractivity contribution is 0.0696. The molecule has 0 aliphatic heterocycles. The molecule has 0 radical (unpaired) electrons. The number of benzene rings is 1. The molecule has 0 saturated carbocycles. The van der Waals surface area contributed by atoms with Gasteiger partial charge in [0.1, 0.15) is 0 Å². The molecule has 0 aromatic heterocycles. The highest BCUT2D eigenvalue weighted by atomic mass is 35.5. The van der Waals surface area contributed by atoms with E-state index in [1.807, 2.05) is 0 Å². The normalized spacial score (nSPS) is 11.6. The fourth-order valence-electron chi connectivity index (χ4n) is 2.07. The van der Waals surface area contributed by atoms with Gasteiger partial charge < -0.3 is 10.2 Å². The summed E-state index contributed by atoms with van der Waals surface area (Å²) in [6.45, 7) is 1.57. The number of hydrogen-bond acceptors (Lipinski definition) is 4. The van der Waals surface area contributed by atoms with Crippen LogP contribution in [0.3, 0.4) is 0 Å². The number of carboxylic acid groups (broad SMARTS) is 1. The Labute approximate surface area is 129 Å². The lowest BCUT2D eigenvalue weighted by atomic mass is 10.1. The maximum absolute atomic E-state index is 12.3. The van der Waals surface area contributed by atoms with E-state index in [0.29, 0.717) is 19.3 Å². The van der Waals surface area contributed by atoms with Crippen LogP contribution in [0.5, 0.6) is 0 Å². The van der Waals surface area contributed by atoms with Gasteiger partial charge in [-0.05, 0) is 37.5 Å². The van der Waals surface area contributed by atoms with Crippen molar-refractivity contribution in [2.45, 2.75) is 37.5 Å². The summed E-state index contributed by atoms with van der Waals surface area (Å²) in [5.41, 5.74) is 0.114. The SMILES string of the molecule is Cc1c(C(=O)O)cc(Cl)cc1S(=O)(=O)CCCCCCO. The van der Waals surface area contributed by atoms with Crippen molar-refractivity contribution >= 4 is 27.4 Å². The highest BCUT2D eigenvalue weighted by Gasteiger charge is 2.21. The minimum absolute atomic E-state index is 0.0189. The van der Waals surface area contributed by atoms with Crippen molar-refractivity contribution in [1.82, 2.24) is 0 Å². The summed E-state index contributed by atoms with van der Waals surface area (Å²) < 4.78 is 24.6. The molecule has 0 heterocycles. The second-order valence-electron chi connectivity index (χ2n) is 4.84. The topological polar surface area (TPSA) is 91.7 Å². The maximum atomic E-state index is 12.3. The third-order valence-electron chi connectivity index (χ3n) is 3.21. The first-order valence-electron chi connectivity index (χ1n) is 6.66. The van der Waals surface area contributed by atoms with Gasteiger partial charge in [0.15, 0.2) is 9.84 Å². The quantitative estimate of drug-likeness (QED) is 0.713. The van der Waals surface area contributed by atoms with Crippen molar-refractivity contribution in [2.24, 2.45) is 0 Å². The first kappa shape index (κ1) is 17.9. The Morgan fingerprint density at radius 3 is 2.38 bits per heavy atom. The van der Waals surface area contributed by atoms with E-state index in [1.54, 1.807) is 0 Å². The van der Waals surface area contributed by atoms with Crippen LogP contribution < -0.4 is 0 Å². The lowest BCUT2D eigenvalue weighted by Gasteiger charge is -2.11. The van der Waals surface area contributed by atoms with Crippen LogP contribution in [0.2, 0.25) is 5.02 Å². The van der Waals surface area contributed by atoms with Crippen LogP contribution in [-0.2, 0) is 9.84 Å². The van der Waals surface area contributed by atoms with Gasteiger partial charge in [-0.15, -0.1) is 0 Å². The van der Waals surface area contributed by atoms with Crippen LogP contribution in [0.25, 0.3) is 0 Å². The van der Waals surface area contributed by atoms with Crippen LogP contribution in [0, 0.1) is 6.92 Å². The number of carboxylic acids is 1. The summed E-state index contributed by atoms with van der Waals surface area (Å²) in [7, 11) is -3.57. The van der Waals surface area contributed by atoms with Crippen molar-refractivity contribution in [3.05, 3.63) is 28.3 Å². The Balaban J connectivity index is 2.95. The van der Waals surface area contributed by atoms with Crippen LogP contribution in [0.15, 0.2) is 17.0 Å². The largest absolute Gasteiger partial charge is 0.478 e. The molecule has 118 valence electrons. The van der Waals surface area contributed by atoms with Crippen LogP contribution in [0.1, 0.15) is 41.6 Å². The smallest absolute Gasteiger partial charge is 0.336 e. The number of halogens is 1. The molecule has 0 aliphatic rings. The highest BCUT2D eigenvalue weighted by Crippen LogP contribution is 2.26. The van der Waals surface area contributed by atoms with Gasteiger partial charge in [-0.2, -0.15) is 0 Å². The van der Waals surface area contributed by atoms with E-state index in [9.17, 15) is 13.2 Å². The Kier molecular flexibility index (Phi) is 6.64. The second kappa shape index (κ2) is 7.77. The summed E-state index contributed by atoms with van der Waals surface area (Å²) in [5, 5.41) is 17.8. The standard InChI is InChI=1S/C14H19ClO5S/c1-10-12(14(17)18)8-11(15)9-13(10)21(19,20)7-5-3-2-4-6-16/h8-9,16H,2-7H2,1H3,(H,17,18). The third kappa shape index (κ3) is 4.98. The number of carbonyl (C=O) groups is 1. The number of rotatable bonds is 8. The average Bonchev–Trinajstić information content (AvgIpc) is 2.40. The van der Waals surface area contributed by atoms with Crippen molar-refractivity contribution in [2.75, 3.05) is 12.4 Å². The minimum Gasteiger partial charge on any atom is -0.478 e. The molecular weight excluding hydrogens is 316 g/mol. The molecule has 21 heavy (non-hydrogen) atoms. The molecule has 0 spiro atoms. The summed E-state index contributed by atoms with van der Waals surface area (Å²) in [4.78, 5) is 11.1. The third-order valence-corrected chi connectivity index (χ3v) is 5.35. The number of unbranched alkanes of at least 4 members (excludes halogenated alkanes) is 3. The van der Waals surface area contributed by atoms with Crippen molar-refractivity contribution < 1.29 is 23.4 Å². The van der Waals surface area contributed by atoms with Gasteiger partial charge in [0.2, 0.25) is 0 Å². The zero-order valence-electron chi connectivity index (χ0n) is 11.8. The van der Waals surface area contributed by atoms with Gasteiger partial charge in [-0.3, -0.25) is 0 Å². The first-order valence-corrected chi connectivity index (χ1v) is 8.69. The lowest BCUT2D eigenvalue weighted by Crippen LogP contribution is -2.12. The zero-order chi connectivity index (χ0) is 16.0. The Morgan fingerprint density at radius 2 is 1.81 bits per heavy atom. The van der Waals surface area contributed by atoms with E-state index in [4.69, 9.17) is 21.8 Å². The van der Waals surface area contributed by atoms with E-state index in [0.717, 1.165) is 6.42 Å². The summed E-state index contributed by atoms with van der Waals surface area (Å²) >= 11 is 5.82.